The Morgan fingerprint density at radius 3 is 2.06 bits per heavy atom. The van der Waals surface area contributed by atoms with Crippen LogP contribution in [0.5, 0.6) is 0 Å². The summed E-state index contributed by atoms with van der Waals surface area (Å²) in [6, 6.07) is 0.101. The van der Waals surface area contributed by atoms with Gasteiger partial charge in [0.1, 0.15) is 0 Å². The van der Waals surface area contributed by atoms with Gasteiger partial charge >= 0.3 is 6.03 Å². The first-order valence-electron chi connectivity index (χ1n) is 6.11. The second kappa shape index (κ2) is 3.91. The summed E-state index contributed by atoms with van der Waals surface area (Å²) >= 11 is 0. The maximum absolute atomic E-state index is 12.0. The number of fused-ring (bicyclic) bond motifs is 1. The van der Waals surface area contributed by atoms with E-state index >= 15 is 0 Å². The number of hydrogen-bond acceptors (Lipinski definition) is 2. The molecule has 0 aromatic carbocycles. The molecule has 0 aromatic rings. The molecule has 2 aliphatic rings. The van der Waals surface area contributed by atoms with E-state index < -0.39 is 0 Å². The van der Waals surface area contributed by atoms with Crippen molar-refractivity contribution < 1.29 is 4.79 Å². The molecule has 92 valence electrons. The third-order valence-corrected chi connectivity index (χ3v) is 3.44. The van der Waals surface area contributed by atoms with Crippen molar-refractivity contribution in [1.29, 1.82) is 0 Å². The first-order valence-corrected chi connectivity index (χ1v) is 6.11. The van der Waals surface area contributed by atoms with Crippen molar-refractivity contribution >= 4 is 6.03 Å². The van der Waals surface area contributed by atoms with E-state index in [4.69, 9.17) is 0 Å². The van der Waals surface area contributed by atoms with Crippen molar-refractivity contribution in [2.24, 2.45) is 11.8 Å². The van der Waals surface area contributed by atoms with Crippen LogP contribution in [-0.2, 0) is 0 Å². The van der Waals surface area contributed by atoms with E-state index in [0.717, 1.165) is 26.2 Å². The summed E-state index contributed by atoms with van der Waals surface area (Å²) < 4.78 is 0. The molecule has 2 rings (SSSR count). The molecule has 2 aliphatic heterocycles. The van der Waals surface area contributed by atoms with Gasteiger partial charge in [0.2, 0.25) is 0 Å². The van der Waals surface area contributed by atoms with Crippen LogP contribution in [0, 0.1) is 11.8 Å². The number of urea groups is 1. The maximum atomic E-state index is 12.0. The van der Waals surface area contributed by atoms with Crippen LogP contribution in [-0.4, -0.2) is 54.6 Å². The maximum Gasteiger partial charge on any atom is 0.317 e. The highest BCUT2D eigenvalue weighted by Crippen LogP contribution is 2.30. The summed E-state index contributed by atoms with van der Waals surface area (Å²) in [5.41, 5.74) is -0.133. The Morgan fingerprint density at radius 1 is 1.12 bits per heavy atom. The lowest BCUT2D eigenvalue weighted by molar-refractivity contribution is 0.193. The van der Waals surface area contributed by atoms with Crippen LogP contribution in [0.15, 0.2) is 0 Å². The second-order valence-corrected chi connectivity index (χ2v) is 6.33. The molecule has 1 N–H and O–H groups in total. The summed E-state index contributed by atoms with van der Waals surface area (Å²) in [7, 11) is 2.16. The molecule has 2 unspecified atom stereocenters. The molecule has 2 amide bonds. The van der Waals surface area contributed by atoms with Crippen molar-refractivity contribution in [2.75, 3.05) is 33.2 Å². The van der Waals surface area contributed by atoms with Crippen molar-refractivity contribution in [3.63, 3.8) is 0 Å². The van der Waals surface area contributed by atoms with Gasteiger partial charge in [-0.25, -0.2) is 4.79 Å². The highest BCUT2D eigenvalue weighted by atomic mass is 16.2. The van der Waals surface area contributed by atoms with E-state index in [1.54, 1.807) is 0 Å². The van der Waals surface area contributed by atoms with Crippen LogP contribution in [0.2, 0.25) is 0 Å². The lowest BCUT2D eigenvalue weighted by atomic mass is 10.0. The minimum absolute atomic E-state index is 0.101. The van der Waals surface area contributed by atoms with Crippen LogP contribution in [0.4, 0.5) is 4.79 Å². The monoisotopic (exact) mass is 225 g/mol. The van der Waals surface area contributed by atoms with Crippen LogP contribution in [0.3, 0.4) is 0 Å². The van der Waals surface area contributed by atoms with Gasteiger partial charge < -0.3 is 15.1 Å². The Labute approximate surface area is 98.0 Å². The molecule has 2 saturated heterocycles. The quantitative estimate of drug-likeness (QED) is 0.667. The third-order valence-electron chi connectivity index (χ3n) is 3.44. The summed E-state index contributed by atoms with van der Waals surface area (Å²) in [4.78, 5) is 16.3. The van der Waals surface area contributed by atoms with Gasteiger partial charge in [0.05, 0.1) is 0 Å². The Balaban J connectivity index is 1.88. The summed E-state index contributed by atoms with van der Waals surface area (Å²) in [5.74, 6) is 1.38. The fraction of sp³-hybridized carbons (Fsp3) is 0.917. The van der Waals surface area contributed by atoms with Crippen molar-refractivity contribution in [1.82, 2.24) is 15.1 Å². The van der Waals surface area contributed by atoms with Crippen LogP contribution in [0.25, 0.3) is 0 Å². The zero-order valence-corrected chi connectivity index (χ0v) is 10.8. The van der Waals surface area contributed by atoms with Crippen LogP contribution in [0.1, 0.15) is 20.8 Å². The van der Waals surface area contributed by atoms with Crippen LogP contribution < -0.4 is 5.32 Å². The fourth-order valence-corrected chi connectivity index (χ4v) is 2.79. The first kappa shape index (κ1) is 11.7. The van der Waals surface area contributed by atoms with Crippen molar-refractivity contribution in [2.45, 2.75) is 26.3 Å². The Morgan fingerprint density at radius 2 is 1.62 bits per heavy atom. The molecule has 4 nitrogen and oxygen atoms in total. The van der Waals surface area contributed by atoms with E-state index in [9.17, 15) is 4.79 Å². The zero-order valence-electron chi connectivity index (χ0n) is 10.8. The van der Waals surface area contributed by atoms with Crippen LogP contribution >= 0.6 is 0 Å². The van der Waals surface area contributed by atoms with Crippen molar-refractivity contribution in [3.8, 4) is 0 Å². The Hall–Kier alpha value is -0.770. The number of carbonyl (C=O) groups excluding carboxylic acids is 1. The highest BCUT2D eigenvalue weighted by Gasteiger charge is 2.40. The first-order chi connectivity index (χ1) is 7.35. The highest BCUT2D eigenvalue weighted by molar-refractivity contribution is 5.75. The number of likely N-dealkylation sites (tertiary alicyclic amines) is 2. The summed E-state index contributed by atoms with van der Waals surface area (Å²) in [6.45, 7) is 10.2. The number of nitrogens with zero attached hydrogens (tertiary/aromatic N) is 2. The standard InChI is InChI=1S/C12H23N3O/c1-12(2,3)13-11(16)15-7-9-5-14(4)6-10(9)8-15/h9-10H,5-8H2,1-4H3,(H,13,16). The summed E-state index contributed by atoms with van der Waals surface area (Å²) in [6.07, 6.45) is 0. The third kappa shape index (κ3) is 2.48. The lowest BCUT2D eigenvalue weighted by Crippen LogP contribution is -2.48. The molecule has 0 spiro atoms. The SMILES string of the molecule is CN1CC2CN(C(=O)NC(C)(C)C)CC2C1. The van der Waals surface area contributed by atoms with E-state index in [1.807, 2.05) is 25.7 Å². The zero-order chi connectivity index (χ0) is 11.9. The Bertz CT molecular complexity index is 270. The topological polar surface area (TPSA) is 35.6 Å². The number of rotatable bonds is 0. The molecule has 0 saturated carbocycles. The summed E-state index contributed by atoms with van der Waals surface area (Å²) in [5, 5.41) is 3.03. The molecular weight excluding hydrogens is 202 g/mol. The number of hydrogen-bond donors (Lipinski definition) is 1. The van der Waals surface area contributed by atoms with E-state index in [1.165, 1.54) is 0 Å². The van der Waals surface area contributed by atoms with Gasteiger partial charge in [0.15, 0.2) is 0 Å². The predicted octanol–water partition coefficient (Wildman–Crippen LogP) is 0.988. The minimum atomic E-state index is -0.133. The van der Waals surface area contributed by atoms with Gasteiger partial charge in [0, 0.05) is 31.7 Å². The van der Waals surface area contributed by atoms with Gasteiger partial charge in [0.25, 0.3) is 0 Å². The second-order valence-electron chi connectivity index (χ2n) is 6.33. The molecule has 0 aromatic heterocycles. The molecule has 0 bridgehead atoms. The molecule has 2 atom stereocenters. The van der Waals surface area contributed by atoms with Crippen molar-refractivity contribution in [3.05, 3.63) is 0 Å². The lowest BCUT2D eigenvalue weighted by Gasteiger charge is -2.26. The minimum Gasteiger partial charge on any atom is -0.333 e. The van der Waals surface area contributed by atoms with E-state index in [0.29, 0.717) is 11.8 Å². The molecule has 2 heterocycles. The average Bonchev–Trinajstić information content (AvgIpc) is 2.56. The average molecular weight is 225 g/mol. The number of amides is 2. The molecule has 2 fully saturated rings. The number of nitrogens with one attached hydrogen (secondary N) is 1. The van der Waals surface area contributed by atoms with Gasteiger partial charge in [-0.3, -0.25) is 0 Å². The molecular formula is C12H23N3O. The van der Waals surface area contributed by atoms with Gasteiger partial charge in [-0.05, 0) is 39.7 Å². The molecule has 0 radical (unpaired) electrons. The fourth-order valence-electron chi connectivity index (χ4n) is 2.79. The van der Waals surface area contributed by atoms with Gasteiger partial charge in [-0.2, -0.15) is 0 Å². The smallest absolute Gasteiger partial charge is 0.317 e. The number of carbonyl (C=O) groups is 1. The molecule has 4 heteroatoms. The normalized spacial score (nSPS) is 30.6. The van der Waals surface area contributed by atoms with Gasteiger partial charge in [-0.1, -0.05) is 0 Å². The van der Waals surface area contributed by atoms with Gasteiger partial charge in [-0.15, -0.1) is 0 Å². The predicted molar refractivity (Wildman–Crippen MR) is 64.3 cm³/mol. The Kier molecular flexibility index (Phi) is 2.86. The van der Waals surface area contributed by atoms with E-state index in [2.05, 4.69) is 17.3 Å². The largest absolute Gasteiger partial charge is 0.333 e. The molecule has 16 heavy (non-hydrogen) atoms. The van der Waals surface area contributed by atoms with E-state index in [-0.39, 0.29) is 11.6 Å². The molecule has 0 aliphatic carbocycles.